The van der Waals surface area contributed by atoms with Crippen molar-refractivity contribution < 1.29 is 24.2 Å². The van der Waals surface area contributed by atoms with E-state index in [0.29, 0.717) is 31.0 Å². The molecule has 1 radical (unpaired) electrons. The summed E-state index contributed by atoms with van der Waals surface area (Å²) in [5, 5.41) is 9.54. The van der Waals surface area contributed by atoms with E-state index < -0.39 is 11.4 Å². The molecule has 2 aliphatic carbocycles. The quantitative estimate of drug-likeness (QED) is 0.620. The van der Waals surface area contributed by atoms with Gasteiger partial charge >= 0.3 is 5.97 Å². The minimum absolute atomic E-state index is 0.0425. The molecule has 0 bridgehead atoms. The van der Waals surface area contributed by atoms with Crippen LogP contribution in [0.15, 0.2) is 0 Å². The Hall–Kier alpha value is -0.940. The fourth-order valence-electron chi connectivity index (χ4n) is 4.41. The molecule has 0 aromatic carbocycles. The molecule has 0 spiro atoms. The van der Waals surface area contributed by atoms with Gasteiger partial charge in [0.2, 0.25) is 6.29 Å². The summed E-state index contributed by atoms with van der Waals surface area (Å²) >= 11 is 0. The first-order valence-electron chi connectivity index (χ1n) is 7.57. The molecule has 4 rings (SSSR count). The Morgan fingerprint density at radius 1 is 1.20 bits per heavy atom. The van der Waals surface area contributed by atoms with Crippen molar-refractivity contribution in [2.24, 2.45) is 17.3 Å². The van der Waals surface area contributed by atoms with E-state index in [1.807, 2.05) is 6.29 Å². The first kappa shape index (κ1) is 12.8. The first-order chi connectivity index (χ1) is 9.64. The highest BCUT2D eigenvalue weighted by atomic mass is 16.6. The molecule has 1 N–H and O–H groups in total. The lowest BCUT2D eigenvalue weighted by Gasteiger charge is -2.36. The molecule has 5 heteroatoms. The molecule has 4 aliphatic rings. The smallest absolute Gasteiger partial charge is 0.318 e. The molecule has 7 unspecified atom stereocenters. The van der Waals surface area contributed by atoms with Crippen LogP contribution in [-0.4, -0.2) is 41.8 Å². The van der Waals surface area contributed by atoms with Crippen LogP contribution in [0.4, 0.5) is 0 Å². The second-order valence-electron chi connectivity index (χ2n) is 6.79. The van der Waals surface area contributed by atoms with Crippen LogP contribution in [0.25, 0.3) is 0 Å². The summed E-state index contributed by atoms with van der Waals surface area (Å²) in [6.07, 6.45) is 7.78. The predicted octanol–water partition coefficient (Wildman–Crippen LogP) is 1.30. The Morgan fingerprint density at radius 3 is 2.75 bits per heavy atom. The SMILES string of the molecule is O=[C]C1(C(=O)O)CCC2OC2C1CC1CCC2OC2C1. The highest BCUT2D eigenvalue weighted by Crippen LogP contribution is 2.54. The molecule has 2 saturated heterocycles. The predicted molar refractivity (Wildman–Crippen MR) is 67.8 cm³/mol. The van der Waals surface area contributed by atoms with Crippen molar-refractivity contribution in [2.45, 2.75) is 62.9 Å². The van der Waals surface area contributed by atoms with Crippen LogP contribution < -0.4 is 0 Å². The van der Waals surface area contributed by atoms with E-state index >= 15 is 0 Å². The van der Waals surface area contributed by atoms with E-state index in [9.17, 15) is 14.7 Å². The van der Waals surface area contributed by atoms with Gasteiger partial charge in [0.25, 0.3) is 0 Å². The third kappa shape index (κ3) is 1.83. The second kappa shape index (κ2) is 4.28. The number of epoxide rings is 2. The molecule has 20 heavy (non-hydrogen) atoms. The number of carboxylic acid groups (broad SMARTS) is 1. The van der Waals surface area contributed by atoms with Gasteiger partial charge in [0, 0.05) is 5.92 Å². The standard InChI is InChI=1S/C15H19O5/c16-7-15(14(17)18)4-3-11-13(20-11)9(15)5-8-1-2-10-12(6-8)19-10/h8-13H,1-6H2,(H,17,18). The van der Waals surface area contributed by atoms with E-state index in [0.717, 1.165) is 25.7 Å². The molecule has 2 heterocycles. The van der Waals surface area contributed by atoms with Crippen molar-refractivity contribution in [1.82, 2.24) is 0 Å². The Balaban J connectivity index is 1.53. The molecule has 5 nitrogen and oxygen atoms in total. The number of hydrogen-bond acceptors (Lipinski definition) is 4. The number of carbonyl (C=O) groups excluding carboxylic acids is 1. The van der Waals surface area contributed by atoms with Crippen LogP contribution in [0.2, 0.25) is 0 Å². The summed E-state index contributed by atoms with van der Waals surface area (Å²) in [5.41, 5.74) is -1.35. The first-order valence-corrected chi connectivity index (χ1v) is 7.57. The minimum Gasteiger partial charge on any atom is -0.480 e. The molecule has 0 aromatic rings. The minimum atomic E-state index is -1.35. The number of fused-ring (bicyclic) bond motifs is 2. The number of ether oxygens (including phenoxy) is 2. The normalized spacial score (nSPS) is 52.6. The number of rotatable bonds is 4. The topological polar surface area (TPSA) is 79.4 Å². The van der Waals surface area contributed by atoms with Crippen molar-refractivity contribution in [3.63, 3.8) is 0 Å². The van der Waals surface area contributed by atoms with Gasteiger partial charge in [0.15, 0.2) is 0 Å². The lowest BCUT2D eigenvalue weighted by Crippen LogP contribution is -2.47. The average Bonchev–Trinajstić information content (AvgIpc) is 3.32. The van der Waals surface area contributed by atoms with Crippen molar-refractivity contribution >= 4 is 12.3 Å². The zero-order chi connectivity index (χ0) is 13.9. The third-order valence-electron chi connectivity index (χ3n) is 5.74. The molecule has 4 fully saturated rings. The second-order valence-corrected chi connectivity index (χ2v) is 6.79. The number of hydrogen-bond donors (Lipinski definition) is 1. The van der Waals surface area contributed by atoms with Crippen molar-refractivity contribution in [2.75, 3.05) is 0 Å². The maximum Gasteiger partial charge on any atom is 0.318 e. The number of aliphatic carboxylic acids is 1. The van der Waals surface area contributed by atoms with Gasteiger partial charge in [-0.2, -0.15) is 0 Å². The van der Waals surface area contributed by atoms with Gasteiger partial charge in [0.1, 0.15) is 5.41 Å². The van der Waals surface area contributed by atoms with Gasteiger partial charge in [-0.25, -0.2) is 0 Å². The van der Waals surface area contributed by atoms with Crippen molar-refractivity contribution in [3.8, 4) is 0 Å². The van der Waals surface area contributed by atoms with E-state index in [-0.39, 0.29) is 18.1 Å². The fourth-order valence-corrected chi connectivity index (χ4v) is 4.41. The largest absolute Gasteiger partial charge is 0.480 e. The summed E-state index contributed by atoms with van der Waals surface area (Å²) in [4.78, 5) is 23.1. The third-order valence-corrected chi connectivity index (χ3v) is 5.74. The van der Waals surface area contributed by atoms with E-state index in [1.54, 1.807) is 0 Å². The van der Waals surface area contributed by atoms with Gasteiger partial charge in [0.05, 0.1) is 24.4 Å². The molecule has 7 atom stereocenters. The van der Waals surface area contributed by atoms with Crippen LogP contribution in [-0.2, 0) is 19.1 Å². The van der Waals surface area contributed by atoms with Crippen LogP contribution in [0.5, 0.6) is 0 Å². The molecule has 0 amide bonds. The van der Waals surface area contributed by atoms with E-state index in [4.69, 9.17) is 9.47 Å². The monoisotopic (exact) mass is 279 g/mol. The molecular weight excluding hydrogens is 260 g/mol. The number of carboxylic acids is 1. The number of carbonyl (C=O) groups is 1. The molecule has 0 aromatic heterocycles. The van der Waals surface area contributed by atoms with Gasteiger partial charge in [-0.15, -0.1) is 0 Å². The van der Waals surface area contributed by atoms with Crippen LogP contribution in [0.1, 0.15) is 38.5 Å². The zero-order valence-corrected chi connectivity index (χ0v) is 11.3. The average molecular weight is 279 g/mol. The molecule has 2 saturated carbocycles. The summed E-state index contributed by atoms with van der Waals surface area (Å²) in [6, 6.07) is 0. The van der Waals surface area contributed by atoms with Crippen molar-refractivity contribution in [3.05, 3.63) is 0 Å². The van der Waals surface area contributed by atoms with Crippen LogP contribution >= 0.6 is 0 Å². The van der Waals surface area contributed by atoms with Crippen LogP contribution in [0.3, 0.4) is 0 Å². The molecule has 2 aliphatic heterocycles. The van der Waals surface area contributed by atoms with Gasteiger partial charge in [-0.3, -0.25) is 9.59 Å². The summed E-state index contributed by atoms with van der Waals surface area (Å²) in [7, 11) is 0. The van der Waals surface area contributed by atoms with Gasteiger partial charge in [-0.05, 0) is 44.4 Å². The fraction of sp³-hybridized carbons (Fsp3) is 0.867. The summed E-state index contributed by atoms with van der Waals surface area (Å²) in [6.45, 7) is 0. The zero-order valence-electron chi connectivity index (χ0n) is 11.3. The highest BCUT2D eigenvalue weighted by molar-refractivity contribution is 5.93. The molecular formula is C15H19O5. The van der Waals surface area contributed by atoms with E-state index in [1.165, 1.54) is 0 Å². The summed E-state index contributed by atoms with van der Waals surface area (Å²) < 4.78 is 11.1. The Morgan fingerprint density at radius 2 is 2.05 bits per heavy atom. The molecule has 109 valence electrons. The van der Waals surface area contributed by atoms with E-state index in [2.05, 4.69) is 0 Å². The van der Waals surface area contributed by atoms with Crippen LogP contribution in [0, 0.1) is 17.3 Å². The van der Waals surface area contributed by atoms with Gasteiger partial charge < -0.3 is 14.6 Å². The highest BCUT2D eigenvalue weighted by Gasteiger charge is 2.62. The lowest BCUT2D eigenvalue weighted by molar-refractivity contribution is -0.149. The maximum absolute atomic E-state index is 11.7. The Kier molecular flexibility index (Phi) is 2.73. The van der Waals surface area contributed by atoms with Crippen molar-refractivity contribution in [1.29, 1.82) is 0 Å². The van der Waals surface area contributed by atoms with Gasteiger partial charge in [-0.1, -0.05) is 0 Å². The lowest BCUT2D eigenvalue weighted by atomic mass is 9.63. The Bertz CT molecular complexity index is 450. The Labute approximate surface area is 117 Å². The maximum atomic E-state index is 11.7. The summed E-state index contributed by atoms with van der Waals surface area (Å²) in [5.74, 6) is -0.780.